The van der Waals surface area contributed by atoms with Crippen molar-refractivity contribution >= 4 is 45.6 Å². The molecule has 0 unspecified atom stereocenters. The summed E-state index contributed by atoms with van der Waals surface area (Å²) in [5.41, 5.74) is 7.96. The fourth-order valence-electron chi connectivity index (χ4n) is 8.01. The van der Waals surface area contributed by atoms with Gasteiger partial charge < -0.3 is 0 Å². The van der Waals surface area contributed by atoms with Crippen LogP contribution >= 0.6 is 0 Å². The summed E-state index contributed by atoms with van der Waals surface area (Å²) in [6.07, 6.45) is 0. The Balaban J connectivity index is 1.12. The lowest BCUT2D eigenvalue weighted by Gasteiger charge is -2.18. The molecule has 0 fully saturated rings. The molecule has 1 heterocycles. The highest BCUT2D eigenvalue weighted by Crippen LogP contribution is 2.44. The average Bonchev–Trinajstić information content (AvgIpc) is 3.31. The van der Waals surface area contributed by atoms with Gasteiger partial charge in [0, 0.05) is 16.7 Å². The fraction of sp³-hybridized carbons (Fsp3) is 0.0556. The Morgan fingerprint density at radius 2 is 0.810 bits per heavy atom. The van der Waals surface area contributed by atoms with E-state index in [2.05, 4.69) is 153 Å². The number of benzene rings is 9. The third-order valence-electron chi connectivity index (χ3n) is 10.9. The fourth-order valence-corrected chi connectivity index (χ4v) is 9.18. The van der Waals surface area contributed by atoms with E-state index in [9.17, 15) is 0 Å². The van der Waals surface area contributed by atoms with Gasteiger partial charge in [-0.1, -0.05) is 201 Å². The molecule has 3 nitrogen and oxygen atoms in total. The number of aromatic nitrogens is 3. The van der Waals surface area contributed by atoms with Crippen LogP contribution in [0.3, 0.4) is 0 Å². The summed E-state index contributed by atoms with van der Waals surface area (Å²) in [4.78, 5) is 14.6. The van der Waals surface area contributed by atoms with Crippen LogP contribution in [0.25, 0.3) is 99.9 Å². The van der Waals surface area contributed by atoms with E-state index in [4.69, 9.17) is 21.8 Å². The first kappa shape index (κ1) is 30.2. The van der Waals surface area contributed by atoms with Crippen molar-refractivity contribution in [2.75, 3.05) is 0 Å². The topological polar surface area (TPSA) is 38.7 Å². The number of rotatable bonds is 7. The smallest absolute Gasteiger partial charge is 0.164 e. The molecule has 4 heteroatoms. The third kappa shape index (κ3) is 6.57. The van der Waals surface area contributed by atoms with Crippen molar-refractivity contribution in [1.82, 2.24) is 15.0 Å². The first-order chi connectivity index (χ1) is 30.4. The Bertz CT molecular complexity index is 3370. The minimum Gasteiger partial charge on any atom is -0.208 e. The second-order valence-corrected chi connectivity index (χ2v) is 20.8. The molecule has 10 aromatic rings. The molecule has 0 saturated heterocycles. The molecule has 0 aliphatic heterocycles. The Kier molecular flexibility index (Phi) is 7.54. The van der Waals surface area contributed by atoms with Crippen LogP contribution in [0, 0.1) is 0 Å². The van der Waals surface area contributed by atoms with Crippen LogP contribution < -0.4 is 5.19 Å². The average molecular weight is 765 g/mol. The van der Waals surface area contributed by atoms with Gasteiger partial charge in [-0.25, -0.2) is 15.0 Å². The van der Waals surface area contributed by atoms with Gasteiger partial charge in [-0.05, 0) is 83.9 Å². The molecule has 0 aliphatic carbocycles. The van der Waals surface area contributed by atoms with Crippen molar-refractivity contribution in [2.45, 2.75) is 19.6 Å². The second kappa shape index (κ2) is 14.5. The molecule has 10 rings (SSSR count). The Morgan fingerprint density at radius 3 is 1.40 bits per heavy atom. The van der Waals surface area contributed by atoms with Gasteiger partial charge in [0.05, 0.1) is 14.9 Å². The quantitative estimate of drug-likeness (QED) is 0.120. The van der Waals surface area contributed by atoms with Crippen LogP contribution in [0.5, 0.6) is 0 Å². The summed E-state index contributed by atoms with van der Waals surface area (Å²) in [5.74, 6) is 0.692. The molecule has 1 aromatic heterocycles. The first-order valence-electron chi connectivity index (χ1n) is 22.0. The van der Waals surface area contributed by atoms with Gasteiger partial charge in [0.2, 0.25) is 0 Å². The van der Waals surface area contributed by atoms with Gasteiger partial charge in [-0.15, -0.1) is 0 Å². The van der Waals surface area contributed by atoms with Gasteiger partial charge in [0.25, 0.3) is 0 Å². The summed E-state index contributed by atoms with van der Waals surface area (Å²) in [7, 11) is -1.60. The zero-order valence-corrected chi connectivity index (χ0v) is 33.4. The number of fused-ring (bicyclic) bond motifs is 3. The minimum atomic E-state index is -1.60. The maximum atomic E-state index is 8.77. The lowest BCUT2D eigenvalue weighted by atomic mass is 9.85. The van der Waals surface area contributed by atoms with Crippen LogP contribution in [-0.4, -0.2) is 23.0 Å². The van der Waals surface area contributed by atoms with Crippen molar-refractivity contribution in [3.05, 3.63) is 194 Å². The van der Waals surface area contributed by atoms with E-state index in [1.165, 1.54) is 48.6 Å². The second-order valence-electron chi connectivity index (χ2n) is 15.7. The highest BCUT2D eigenvalue weighted by molar-refractivity contribution is 6.88. The molecule has 276 valence electrons. The molecule has 58 heavy (non-hydrogen) atoms. The molecule has 0 bridgehead atoms. The number of hydrogen-bond donors (Lipinski definition) is 0. The number of hydrogen-bond acceptors (Lipinski definition) is 3. The lowest BCUT2D eigenvalue weighted by molar-refractivity contribution is 1.07. The van der Waals surface area contributed by atoms with Crippen molar-refractivity contribution in [2.24, 2.45) is 0 Å². The normalized spacial score (nSPS) is 12.9. The minimum absolute atomic E-state index is 0.0135. The van der Waals surface area contributed by atoms with E-state index in [1.807, 2.05) is 30.3 Å². The standard InChI is InChI=1S/C54H41N3Si/c1-58(2,3)45-31-29-38(30-32-45)53-55-52(37-16-5-4-6-17-37)56-54(57-53)44-22-14-20-41(35-44)40-19-13-21-42(34-40)50-46-23-9-11-25-48(46)51(49-26-12-10-24-47(49)50)43-28-27-36-15-7-8-18-39(36)33-43/h4-35H,1-3H3/i4D,5D,6D,16D,17D. The SMILES string of the molecule is [2H]c1c([2H])c([2H])c(-c2nc(-c3ccc([Si](C)(C)C)cc3)nc(-c3cccc(-c4cccc(-c5c6ccccc6c(-c6ccc7ccccc7c6)c6ccccc56)c4)c3)n2)c([2H])c1[2H]. The summed E-state index contributed by atoms with van der Waals surface area (Å²) >= 11 is 0. The van der Waals surface area contributed by atoms with Crippen molar-refractivity contribution < 1.29 is 6.85 Å². The molecular weight excluding hydrogens is 719 g/mol. The van der Waals surface area contributed by atoms with Gasteiger partial charge in [-0.2, -0.15) is 0 Å². The first-order valence-corrected chi connectivity index (χ1v) is 23.0. The zero-order valence-electron chi connectivity index (χ0n) is 37.4. The highest BCUT2D eigenvalue weighted by Gasteiger charge is 2.19. The van der Waals surface area contributed by atoms with E-state index in [0.29, 0.717) is 17.2 Å². The molecule has 0 radical (unpaired) electrons. The predicted molar refractivity (Wildman–Crippen MR) is 248 cm³/mol. The highest BCUT2D eigenvalue weighted by atomic mass is 28.3. The molecule has 0 saturated carbocycles. The predicted octanol–water partition coefficient (Wildman–Crippen LogP) is 13.9. The van der Waals surface area contributed by atoms with Gasteiger partial charge in [-0.3, -0.25) is 0 Å². The molecule has 0 atom stereocenters. The van der Waals surface area contributed by atoms with E-state index in [-0.39, 0.29) is 23.5 Å². The van der Waals surface area contributed by atoms with Crippen LogP contribution in [0.2, 0.25) is 19.6 Å². The molecule has 0 aliphatic rings. The van der Waals surface area contributed by atoms with E-state index in [0.717, 1.165) is 27.8 Å². The summed E-state index contributed by atoms with van der Waals surface area (Å²) < 4.78 is 42.5. The molecule has 0 spiro atoms. The zero-order chi connectivity index (χ0) is 43.6. The number of nitrogens with zero attached hydrogens (tertiary/aromatic N) is 3. The molecule has 9 aromatic carbocycles. The van der Waals surface area contributed by atoms with Crippen molar-refractivity contribution in [3.8, 4) is 67.5 Å². The van der Waals surface area contributed by atoms with Crippen LogP contribution in [0.1, 0.15) is 6.85 Å². The van der Waals surface area contributed by atoms with E-state index >= 15 is 0 Å². The van der Waals surface area contributed by atoms with E-state index < -0.39 is 26.2 Å². The van der Waals surface area contributed by atoms with E-state index in [1.54, 1.807) is 0 Å². The lowest BCUT2D eigenvalue weighted by Crippen LogP contribution is -2.37. The van der Waals surface area contributed by atoms with Crippen LogP contribution in [-0.2, 0) is 0 Å². The monoisotopic (exact) mass is 764 g/mol. The van der Waals surface area contributed by atoms with Crippen LogP contribution in [0.4, 0.5) is 0 Å². The molecular formula is C54H41N3Si. The largest absolute Gasteiger partial charge is 0.208 e. The van der Waals surface area contributed by atoms with Gasteiger partial charge in [0.1, 0.15) is 0 Å². The van der Waals surface area contributed by atoms with Crippen LogP contribution in [0.15, 0.2) is 194 Å². The third-order valence-corrected chi connectivity index (χ3v) is 13.0. The molecule has 0 amide bonds. The summed E-state index contributed by atoms with van der Waals surface area (Å²) in [5, 5.41) is 8.40. The van der Waals surface area contributed by atoms with Gasteiger partial charge in [0.15, 0.2) is 17.5 Å². The summed E-state index contributed by atoms with van der Waals surface area (Å²) in [6, 6.07) is 55.3. The Labute approximate surface area is 347 Å². The Hall–Kier alpha value is -7.01. The van der Waals surface area contributed by atoms with Crippen molar-refractivity contribution in [3.63, 3.8) is 0 Å². The maximum Gasteiger partial charge on any atom is 0.164 e. The summed E-state index contributed by atoms with van der Waals surface area (Å²) in [6.45, 7) is 6.86. The van der Waals surface area contributed by atoms with Crippen molar-refractivity contribution in [1.29, 1.82) is 0 Å². The van der Waals surface area contributed by atoms with Gasteiger partial charge >= 0.3 is 0 Å². The maximum absolute atomic E-state index is 8.77. The Morgan fingerprint density at radius 1 is 0.362 bits per heavy atom. The molecule has 0 N–H and O–H groups in total.